The van der Waals surface area contributed by atoms with Crippen LogP contribution in [-0.2, 0) is 35.8 Å². The van der Waals surface area contributed by atoms with Crippen molar-refractivity contribution >= 4 is 23.4 Å². The monoisotopic (exact) mass is 479 g/mol. The predicted octanol–water partition coefficient (Wildman–Crippen LogP) is 1.88. The molecule has 2 N–H and O–H groups in total. The summed E-state index contributed by atoms with van der Waals surface area (Å²) < 4.78 is 46.6. The third-order valence-electron chi connectivity index (χ3n) is 5.59. The van der Waals surface area contributed by atoms with Crippen molar-refractivity contribution in [2.75, 3.05) is 29.7 Å². The van der Waals surface area contributed by atoms with Crippen LogP contribution in [0.5, 0.6) is 0 Å². The Bertz CT molecular complexity index is 1190. The number of halogens is 3. The lowest BCUT2D eigenvalue weighted by Gasteiger charge is -2.36. The highest BCUT2D eigenvalue weighted by molar-refractivity contribution is 6.03. The normalized spacial score (nSPS) is 16.9. The fourth-order valence-electron chi connectivity index (χ4n) is 3.71. The highest BCUT2D eigenvalue weighted by Crippen LogP contribution is 2.31. The number of anilines is 3. The third-order valence-corrected chi connectivity index (χ3v) is 5.59. The van der Waals surface area contributed by atoms with Crippen molar-refractivity contribution in [1.29, 1.82) is 0 Å². The summed E-state index contributed by atoms with van der Waals surface area (Å²) in [4.78, 5) is 22.9. The number of rotatable bonds is 7. The lowest BCUT2D eigenvalue weighted by atomic mass is 10.1. The summed E-state index contributed by atoms with van der Waals surface area (Å²) in [7, 11) is 4.76. The topological polar surface area (TPSA) is 115 Å². The van der Waals surface area contributed by atoms with Gasteiger partial charge < -0.3 is 20.3 Å². The molecule has 1 amide bonds. The maximum Gasteiger partial charge on any atom is 0.435 e. The molecule has 1 aliphatic rings. The lowest BCUT2D eigenvalue weighted by molar-refractivity contribution is -0.141. The van der Waals surface area contributed by atoms with Gasteiger partial charge in [0.2, 0.25) is 11.9 Å². The molecule has 0 bridgehead atoms. The Morgan fingerprint density at radius 1 is 1.29 bits per heavy atom. The molecule has 0 radical (unpaired) electrons. The van der Waals surface area contributed by atoms with E-state index in [9.17, 15) is 18.0 Å². The Hall–Kier alpha value is -3.68. The number of likely N-dealkylation sites (N-methyl/N-ethyl adjacent to an activating group) is 1. The number of nitrogens with one attached hydrogen (secondary N) is 2. The van der Waals surface area contributed by atoms with Crippen molar-refractivity contribution in [2.24, 2.45) is 7.05 Å². The van der Waals surface area contributed by atoms with Gasteiger partial charge in [0, 0.05) is 39.5 Å². The minimum Gasteiger partial charge on any atom is -0.379 e. The summed E-state index contributed by atoms with van der Waals surface area (Å²) in [6.45, 7) is 2.28. The van der Waals surface area contributed by atoms with Crippen LogP contribution in [0.3, 0.4) is 0 Å². The van der Waals surface area contributed by atoms with Crippen molar-refractivity contribution in [3.63, 3.8) is 0 Å². The van der Waals surface area contributed by atoms with Crippen LogP contribution >= 0.6 is 0 Å². The van der Waals surface area contributed by atoms with E-state index in [1.54, 1.807) is 31.3 Å². The van der Waals surface area contributed by atoms with Gasteiger partial charge >= 0.3 is 6.18 Å². The van der Waals surface area contributed by atoms with Gasteiger partial charge in [0.15, 0.2) is 11.5 Å². The number of amides is 1. The van der Waals surface area contributed by atoms with E-state index in [0.29, 0.717) is 29.7 Å². The second kappa shape index (κ2) is 8.93. The number of ether oxygens (including phenoxy) is 1. The van der Waals surface area contributed by atoms with Crippen LogP contribution in [0.15, 0.2) is 24.7 Å². The van der Waals surface area contributed by atoms with Crippen molar-refractivity contribution in [2.45, 2.75) is 38.3 Å². The number of hydrogen-bond acceptors (Lipinski definition) is 8. The van der Waals surface area contributed by atoms with Gasteiger partial charge in [-0.05, 0) is 13.0 Å². The van der Waals surface area contributed by atoms with Crippen molar-refractivity contribution < 1.29 is 22.7 Å². The molecule has 1 aliphatic heterocycles. The molecular weight excluding hydrogens is 455 g/mol. The number of carbonyl (C=O) groups is 1. The van der Waals surface area contributed by atoms with Gasteiger partial charge in [0.05, 0.1) is 30.7 Å². The molecule has 0 spiro atoms. The molecule has 3 aromatic heterocycles. The van der Waals surface area contributed by atoms with Gasteiger partial charge in [-0.2, -0.15) is 28.4 Å². The fraction of sp³-hybridized carbons (Fsp3) is 0.450. The summed E-state index contributed by atoms with van der Waals surface area (Å²) in [6, 6.07) is 0.469. The molecule has 34 heavy (non-hydrogen) atoms. The molecule has 0 unspecified atom stereocenters. The number of nitrogens with zero attached hydrogens (tertiary/aromatic N) is 7. The van der Waals surface area contributed by atoms with E-state index in [0.717, 1.165) is 11.6 Å². The molecule has 0 saturated heterocycles. The van der Waals surface area contributed by atoms with Gasteiger partial charge in [-0.1, -0.05) is 0 Å². The van der Waals surface area contributed by atoms with Gasteiger partial charge in [0.1, 0.15) is 11.7 Å². The van der Waals surface area contributed by atoms with Crippen molar-refractivity contribution in [1.82, 2.24) is 29.5 Å². The number of aromatic nitrogens is 6. The highest BCUT2D eigenvalue weighted by Gasteiger charge is 2.36. The summed E-state index contributed by atoms with van der Waals surface area (Å²) in [5, 5.41) is 13.6. The predicted molar refractivity (Wildman–Crippen MR) is 116 cm³/mol. The molecule has 182 valence electrons. The van der Waals surface area contributed by atoms with Gasteiger partial charge in [-0.3, -0.25) is 14.2 Å². The van der Waals surface area contributed by atoms with E-state index >= 15 is 0 Å². The smallest absolute Gasteiger partial charge is 0.379 e. The average Bonchev–Trinajstić information content (AvgIpc) is 3.39. The van der Waals surface area contributed by atoms with Crippen LogP contribution < -0.4 is 15.5 Å². The Morgan fingerprint density at radius 2 is 2.06 bits per heavy atom. The number of methoxy groups -OCH3 is 1. The maximum absolute atomic E-state index is 12.9. The Kier molecular flexibility index (Phi) is 6.17. The molecule has 14 heteroatoms. The molecule has 0 aromatic carbocycles. The van der Waals surface area contributed by atoms with E-state index in [2.05, 4.69) is 30.8 Å². The van der Waals surface area contributed by atoms with E-state index in [1.807, 2.05) is 0 Å². The Balaban J connectivity index is 1.42. The number of aryl methyl sites for hydroxylation is 1. The highest BCUT2D eigenvalue weighted by atomic mass is 19.4. The summed E-state index contributed by atoms with van der Waals surface area (Å²) in [5.74, 6) is 0.704. The molecule has 0 fully saturated rings. The second-order valence-electron chi connectivity index (χ2n) is 7.96. The summed E-state index contributed by atoms with van der Waals surface area (Å²) in [5.41, 5.74) is 0.719. The van der Waals surface area contributed by atoms with Crippen LogP contribution in [0, 0.1) is 0 Å². The Morgan fingerprint density at radius 3 is 2.74 bits per heavy atom. The van der Waals surface area contributed by atoms with Crippen molar-refractivity contribution in [3.05, 3.63) is 41.6 Å². The van der Waals surface area contributed by atoms with Crippen LogP contribution in [-0.4, -0.2) is 61.7 Å². The zero-order valence-electron chi connectivity index (χ0n) is 19.0. The first kappa shape index (κ1) is 23.5. The van der Waals surface area contributed by atoms with Gasteiger partial charge in [0.25, 0.3) is 0 Å². The minimum absolute atomic E-state index is 0.137. The number of carbonyl (C=O) groups excluding carboxylic acids is 1. The number of fused-ring (bicyclic) bond motifs is 1. The Labute approximate surface area is 192 Å². The van der Waals surface area contributed by atoms with Crippen LogP contribution in [0.2, 0.25) is 0 Å². The van der Waals surface area contributed by atoms with Gasteiger partial charge in [-0.15, -0.1) is 0 Å². The second-order valence-corrected chi connectivity index (χ2v) is 7.96. The number of hydrogen-bond donors (Lipinski definition) is 2. The van der Waals surface area contributed by atoms with Gasteiger partial charge in [-0.25, -0.2) is 4.98 Å². The lowest BCUT2D eigenvalue weighted by Crippen LogP contribution is -2.52. The first-order chi connectivity index (χ1) is 16.1. The van der Waals surface area contributed by atoms with Crippen LogP contribution in [0.1, 0.15) is 23.9 Å². The fourth-order valence-corrected chi connectivity index (χ4v) is 3.71. The molecule has 0 saturated carbocycles. The van der Waals surface area contributed by atoms with E-state index in [1.165, 1.54) is 29.7 Å². The van der Waals surface area contributed by atoms with Crippen LogP contribution in [0.4, 0.5) is 30.6 Å². The number of alkyl halides is 3. The molecule has 11 nitrogen and oxygen atoms in total. The average molecular weight is 479 g/mol. The molecule has 2 atom stereocenters. The largest absolute Gasteiger partial charge is 0.435 e. The molecule has 0 aliphatic carbocycles. The molecule has 4 rings (SSSR count). The first-order valence-electron chi connectivity index (χ1n) is 10.4. The molecule has 3 aromatic rings. The quantitative estimate of drug-likeness (QED) is 0.528. The standard InChI is InChI=1S/C20H24F3N9O2/c1-11(34-4)16-18(33)27-14-8-25-19(28-17(14)30(16)2)24-6-12-7-26-32(9-12)10-13-5-15(20(21,22)23)29-31(13)3/h5,7-9,11,16H,6,10H2,1-4H3,(H,27,33)(H,24,25,28)/t11-,16-/m0/s1. The summed E-state index contributed by atoms with van der Waals surface area (Å²) in [6.07, 6.45) is 0.00463. The SMILES string of the molecule is CO[C@@H](C)[C@H]1C(=O)Nc2cnc(NCc3cnn(Cc4cc(C(F)(F)F)nn4C)c3)nc2N1C. The third kappa shape index (κ3) is 4.66. The first-order valence-corrected chi connectivity index (χ1v) is 10.4. The minimum atomic E-state index is -4.50. The van der Waals surface area contributed by atoms with Crippen molar-refractivity contribution in [3.8, 4) is 0 Å². The molecule has 4 heterocycles. The van der Waals surface area contributed by atoms with E-state index < -0.39 is 17.9 Å². The maximum atomic E-state index is 12.9. The van der Waals surface area contributed by atoms with Crippen LogP contribution in [0.25, 0.3) is 0 Å². The zero-order valence-corrected chi connectivity index (χ0v) is 19.0. The van der Waals surface area contributed by atoms with E-state index in [4.69, 9.17) is 4.74 Å². The summed E-state index contributed by atoms with van der Waals surface area (Å²) >= 11 is 0. The zero-order chi connectivity index (χ0) is 24.6. The molecular formula is C20H24F3N9O2. The van der Waals surface area contributed by atoms with E-state index in [-0.39, 0.29) is 18.6 Å².